The quantitative estimate of drug-likeness (QED) is 0.625. The summed E-state index contributed by atoms with van der Waals surface area (Å²) in [5.41, 5.74) is 2.40. The fourth-order valence-electron chi connectivity index (χ4n) is 1.89. The Bertz CT molecular complexity index is 450. The van der Waals surface area contributed by atoms with Gasteiger partial charge in [0.15, 0.2) is 5.96 Å². The maximum absolute atomic E-state index is 5.52. The molecule has 0 spiro atoms. The third kappa shape index (κ3) is 7.14. The van der Waals surface area contributed by atoms with Crippen LogP contribution >= 0.6 is 0 Å². The summed E-state index contributed by atoms with van der Waals surface area (Å²) in [6, 6.07) is 8.30. The highest BCUT2D eigenvalue weighted by atomic mass is 16.5. The van der Waals surface area contributed by atoms with Crippen LogP contribution in [0.4, 0.5) is 0 Å². The number of benzene rings is 1. The molecule has 2 N–H and O–H groups in total. The lowest BCUT2D eigenvalue weighted by atomic mass is 10.1. The lowest BCUT2D eigenvalue weighted by Crippen LogP contribution is -2.47. The highest BCUT2D eigenvalue weighted by Gasteiger charge is 2.11. The van der Waals surface area contributed by atoms with Crippen LogP contribution in [0, 0.1) is 0 Å². The number of rotatable bonds is 6. The number of hydrogen-bond acceptors (Lipinski definition) is 2. The van der Waals surface area contributed by atoms with E-state index < -0.39 is 0 Å². The lowest BCUT2D eigenvalue weighted by Gasteiger charge is -2.23. The first-order valence-corrected chi connectivity index (χ1v) is 7.67. The minimum atomic E-state index is -0.00809. The molecule has 0 atom stereocenters. The predicted octanol–water partition coefficient (Wildman–Crippen LogP) is 3.08. The van der Waals surface area contributed by atoms with Crippen LogP contribution in [0.1, 0.15) is 45.7 Å². The Morgan fingerprint density at radius 3 is 2.38 bits per heavy atom. The van der Waals surface area contributed by atoms with Crippen molar-refractivity contribution in [2.45, 2.75) is 53.3 Å². The summed E-state index contributed by atoms with van der Waals surface area (Å²) in [5, 5.41) is 6.68. The van der Waals surface area contributed by atoms with Crippen molar-refractivity contribution in [3.63, 3.8) is 0 Å². The number of aliphatic imine (C=N–C) groups is 1. The zero-order valence-corrected chi connectivity index (χ0v) is 14.0. The molecule has 0 radical (unpaired) electrons. The van der Waals surface area contributed by atoms with Gasteiger partial charge in [-0.1, -0.05) is 24.3 Å². The van der Waals surface area contributed by atoms with Gasteiger partial charge in [0.05, 0.1) is 13.2 Å². The van der Waals surface area contributed by atoms with Crippen molar-refractivity contribution >= 4 is 5.96 Å². The van der Waals surface area contributed by atoms with Crippen molar-refractivity contribution < 1.29 is 4.74 Å². The van der Waals surface area contributed by atoms with Gasteiger partial charge in [-0.15, -0.1) is 0 Å². The van der Waals surface area contributed by atoms with Crippen molar-refractivity contribution in [2.75, 3.05) is 13.2 Å². The van der Waals surface area contributed by atoms with E-state index in [1.807, 2.05) is 19.1 Å². The maximum atomic E-state index is 5.52. The average Bonchev–Trinajstić information content (AvgIpc) is 2.42. The summed E-state index contributed by atoms with van der Waals surface area (Å²) in [5.74, 6) is 0.844. The molecular weight excluding hydrogens is 262 g/mol. The summed E-state index contributed by atoms with van der Waals surface area (Å²) < 4.78 is 5.52. The van der Waals surface area contributed by atoms with Crippen LogP contribution in [0.5, 0.6) is 0 Å². The Hall–Kier alpha value is -1.55. The van der Waals surface area contributed by atoms with Gasteiger partial charge in [0.1, 0.15) is 0 Å². The van der Waals surface area contributed by atoms with Gasteiger partial charge in [0.25, 0.3) is 0 Å². The van der Waals surface area contributed by atoms with Crippen LogP contribution in [-0.4, -0.2) is 24.7 Å². The minimum absolute atomic E-state index is 0.00809. The molecule has 0 aliphatic rings. The van der Waals surface area contributed by atoms with Crippen LogP contribution < -0.4 is 10.6 Å². The molecule has 0 aliphatic carbocycles. The Balaban J connectivity index is 2.79. The van der Waals surface area contributed by atoms with E-state index in [-0.39, 0.29) is 5.54 Å². The number of hydrogen-bond donors (Lipinski definition) is 2. The molecule has 21 heavy (non-hydrogen) atoms. The second kappa shape index (κ2) is 8.67. The predicted molar refractivity (Wildman–Crippen MR) is 89.5 cm³/mol. The zero-order valence-electron chi connectivity index (χ0n) is 14.0. The Morgan fingerprint density at radius 2 is 1.81 bits per heavy atom. The standard InChI is InChI=1S/C17H29N3O/c1-6-18-16(20-17(3,4)5)19-12-14-10-8-9-11-15(14)13-21-7-2/h8-11H,6-7,12-13H2,1-5H3,(H2,18,19,20). The van der Waals surface area contributed by atoms with Crippen LogP contribution in [0.25, 0.3) is 0 Å². The first-order valence-electron chi connectivity index (χ1n) is 7.67. The molecule has 118 valence electrons. The monoisotopic (exact) mass is 291 g/mol. The molecule has 1 aromatic carbocycles. The van der Waals surface area contributed by atoms with Crippen molar-refractivity contribution in [2.24, 2.45) is 4.99 Å². The van der Waals surface area contributed by atoms with Gasteiger partial charge in [-0.3, -0.25) is 0 Å². The third-order valence-electron chi connectivity index (χ3n) is 2.83. The normalized spacial score (nSPS) is 12.3. The van der Waals surface area contributed by atoms with Gasteiger partial charge < -0.3 is 15.4 Å². The number of nitrogens with one attached hydrogen (secondary N) is 2. The van der Waals surface area contributed by atoms with E-state index in [0.717, 1.165) is 19.1 Å². The van der Waals surface area contributed by atoms with E-state index >= 15 is 0 Å². The van der Waals surface area contributed by atoms with Crippen molar-refractivity contribution in [1.29, 1.82) is 0 Å². The lowest BCUT2D eigenvalue weighted by molar-refractivity contribution is 0.133. The summed E-state index contributed by atoms with van der Waals surface area (Å²) in [7, 11) is 0. The van der Waals surface area contributed by atoms with Gasteiger partial charge in [-0.05, 0) is 45.7 Å². The van der Waals surface area contributed by atoms with Crippen molar-refractivity contribution in [1.82, 2.24) is 10.6 Å². The largest absolute Gasteiger partial charge is 0.377 e. The van der Waals surface area contributed by atoms with Crippen molar-refractivity contribution in [3.05, 3.63) is 35.4 Å². The number of nitrogens with zero attached hydrogens (tertiary/aromatic N) is 1. The molecule has 1 aromatic rings. The Labute approximate surface area is 129 Å². The van der Waals surface area contributed by atoms with Crippen LogP contribution in [-0.2, 0) is 17.9 Å². The molecule has 0 aliphatic heterocycles. The van der Waals surface area contributed by atoms with E-state index in [9.17, 15) is 0 Å². The topological polar surface area (TPSA) is 45.7 Å². The zero-order chi connectivity index (χ0) is 15.7. The van der Waals surface area contributed by atoms with Gasteiger partial charge in [0.2, 0.25) is 0 Å². The molecule has 0 saturated heterocycles. The fourth-order valence-corrected chi connectivity index (χ4v) is 1.89. The molecule has 4 heteroatoms. The SMILES string of the molecule is CCNC(=NCc1ccccc1COCC)NC(C)(C)C. The molecule has 1 rings (SSSR count). The van der Waals surface area contributed by atoms with Gasteiger partial charge in [0, 0.05) is 18.7 Å². The molecule has 0 heterocycles. The van der Waals surface area contributed by atoms with E-state index in [2.05, 4.69) is 55.5 Å². The Morgan fingerprint density at radius 1 is 1.14 bits per heavy atom. The minimum Gasteiger partial charge on any atom is -0.377 e. The second-order valence-corrected chi connectivity index (χ2v) is 5.98. The number of ether oxygens (including phenoxy) is 1. The van der Waals surface area contributed by atoms with E-state index in [1.165, 1.54) is 11.1 Å². The smallest absolute Gasteiger partial charge is 0.191 e. The van der Waals surface area contributed by atoms with Gasteiger partial charge >= 0.3 is 0 Å². The van der Waals surface area contributed by atoms with Gasteiger partial charge in [-0.2, -0.15) is 0 Å². The molecule has 0 bridgehead atoms. The fraction of sp³-hybridized carbons (Fsp3) is 0.588. The molecular formula is C17H29N3O. The maximum Gasteiger partial charge on any atom is 0.191 e. The van der Waals surface area contributed by atoms with E-state index in [0.29, 0.717) is 13.2 Å². The third-order valence-corrected chi connectivity index (χ3v) is 2.83. The summed E-state index contributed by atoms with van der Waals surface area (Å²) in [4.78, 5) is 4.68. The van der Waals surface area contributed by atoms with Crippen LogP contribution in [0.2, 0.25) is 0 Å². The molecule has 0 amide bonds. The average molecular weight is 291 g/mol. The molecule has 0 saturated carbocycles. The summed E-state index contributed by atoms with van der Waals surface area (Å²) in [6.45, 7) is 13.3. The number of guanidine groups is 1. The Kier molecular flexibility index (Phi) is 7.23. The second-order valence-electron chi connectivity index (χ2n) is 5.98. The van der Waals surface area contributed by atoms with Crippen molar-refractivity contribution in [3.8, 4) is 0 Å². The van der Waals surface area contributed by atoms with E-state index in [4.69, 9.17) is 4.74 Å². The highest BCUT2D eigenvalue weighted by Crippen LogP contribution is 2.11. The highest BCUT2D eigenvalue weighted by molar-refractivity contribution is 5.80. The van der Waals surface area contributed by atoms with Gasteiger partial charge in [-0.25, -0.2) is 4.99 Å². The molecule has 0 aromatic heterocycles. The first-order chi connectivity index (χ1) is 9.96. The van der Waals surface area contributed by atoms with Crippen LogP contribution in [0.3, 0.4) is 0 Å². The molecule has 4 nitrogen and oxygen atoms in total. The molecule has 0 fully saturated rings. The molecule has 0 unspecified atom stereocenters. The van der Waals surface area contributed by atoms with Crippen LogP contribution in [0.15, 0.2) is 29.3 Å². The van der Waals surface area contributed by atoms with E-state index in [1.54, 1.807) is 0 Å². The summed E-state index contributed by atoms with van der Waals surface area (Å²) in [6.07, 6.45) is 0. The first kappa shape index (κ1) is 17.5. The summed E-state index contributed by atoms with van der Waals surface area (Å²) >= 11 is 0.